The average Bonchev–Trinajstić information content (AvgIpc) is 2.74. The van der Waals surface area contributed by atoms with Crippen LogP contribution < -0.4 is 0 Å². The maximum atomic E-state index is 5.09. The molecule has 1 aliphatic rings. The van der Waals surface area contributed by atoms with Crippen LogP contribution in [-0.2, 0) is 0 Å². The minimum Gasteiger partial charge on any atom is -0.262 e. The number of rotatable bonds is 2. The van der Waals surface area contributed by atoms with E-state index in [-0.39, 0.29) is 10.8 Å². The van der Waals surface area contributed by atoms with Crippen molar-refractivity contribution in [2.45, 2.75) is 81.1 Å². The van der Waals surface area contributed by atoms with Gasteiger partial charge in [-0.15, -0.1) is 0 Å². The van der Waals surface area contributed by atoms with Gasteiger partial charge in [0.05, 0.1) is 0 Å². The summed E-state index contributed by atoms with van der Waals surface area (Å²) in [6, 6.07) is 0. The van der Waals surface area contributed by atoms with Crippen molar-refractivity contribution in [2.24, 2.45) is 21.7 Å². The zero-order chi connectivity index (χ0) is 14.8. The largest absolute Gasteiger partial charge is 0.262 e. The van der Waals surface area contributed by atoms with Crippen LogP contribution in [0.2, 0.25) is 0 Å². The van der Waals surface area contributed by atoms with E-state index in [0.29, 0.717) is 5.92 Å². The summed E-state index contributed by atoms with van der Waals surface area (Å²) in [6.07, 6.45) is 5.39. The van der Waals surface area contributed by atoms with Gasteiger partial charge in [-0.05, 0) is 43.1 Å². The van der Waals surface area contributed by atoms with Gasteiger partial charge < -0.3 is 0 Å². The summed E-state index contributed by atoms with van der Waals surface area (Å²) in [5.41, 5.74) is 4.51. The number of aliphatic imine (C=N–C) groups is 1. The summed E-state index contributed by atoms with van der Waals surface area (Å²) in [4.78, 5) is 5.09. The second-order valence-electron chi connectivity index (χ2n) is 8.19. The topological polar surface area (TPSA) is 12.4 Å². The molecule has 0 atom stereocenters. The van der Waals surface area contributed by atoms with Crippen molar-refractivity contribution in [1.29, 1.82) is 0 Å². The summed E-state index contributed by atoms with van der Waals surface area (Å²) in [5, 5.41) is 0. The Balaban J connectivity index is 3.21. The van der Waals surface area contributed by atoms with Gasteiger partial charge in [0.1, 0.15) is 0 Å². The second kappa shape index (κ2) is 5.81. The Hall–Kier alpha value is -0.590. The third-order valence-electron chi connectivity index (χ3n) is 4.62. The fourth-order valence-corrected chi connectivity index (χ4v) is 2.41. The lowest BCUT2D eigenvalue weighted by molar-refractivity contribution is 0.479. The van der Waals surface area contributed by atoms with Crippen molar-refractivity contribution in [3.8, 4) is 0 Å². The van der Waals surface area contributed by atoms with Crippen LogP contribution in [0.25, 0.3) is 0 Å². The highest BCUT2D eigenvalue weighted by molar-refractivity contribution is 5.87. The Morgan fingerprint density at radius 3 is 1.68 bits per heavy atom. The van der Waals surface area contributed by atoms with Crippen molar-refractivity contribution in [2.75, 3.05) is 0 Å². The lowest BCUT2D eigenvalue weighted by Crippen LogP contribution is -2.19. The van der Waals surface area contributed by atoms with Crippen LogP contribution >= 0.6 is 0 Å². The Morgan fingerprint density at radius 1 is 0.842 bits per heavy atom. The Bertz CT molecular complexity index is 365. The third kappa shape index (κ3) is 4.47. The van der Waals surface area contributed by atoms with E-state index in [1.165, 1.54) is 42.7 Å². The summed E-state index contributed by atoms with van der Waals surface area (Å²) in [6.45, 7) is 18.1. The molecule has 0 radical (unpaired) electrons. The van der Waals surface area contributed by atoms with Crippen LogP contribution in [0.3, 0.4) is 0 Å². The molecule has 0 aromatic rings. The zero-order valence-electron chi connectivity index (χ0n) is 14.4. The molecule has 1 nitrogen and oxygen atoms in total. The first-order chi connectivity index (χ1) is 8.53. The van der Waals surface area contributed by atoms with Gasteiger partial charge in [0.15, 0.2) is 0 Å². The summed E-state index contributed by atoms with van der Waals surface area (Å²) < 4.78 is 0. The quantitative estimate of drug-likeness (QED) is 0.541. The molecule has 0 saturated heterocycles. The van der Waals surface area contributed by atoms with E-state index in [4.69, 9.17) is 4.99 Å². The van der Waals surface area contributed by atoms with Crippen LogP contribution in [0.5, 0.6) is 0 Å². The predicted molar refractivity (Wildman–Crippen MR) is 86.7 cm³/mol. The molecule has 1 saturated carbocycles. The molecule has 0 aliphatic heterocycles. The van der Waals surface area contributed by atoms with E-state index in [2.05, 4.69) is 55.4 Å². The molecule has 1 rings (SSSR count). The maximum absolute atomic E-state index is 5.09. The molecular weight excluding hydrogens is 230 g/mol. The number of hydrogen-bond acceptors (Lipinski definition) is 1. The second-order valence-corrected chi connectivity index (χ2v) is 8.19. The average molecular weight is 263 g/mol. The van der Waals surface area contributed by atoms with Crippen molar-refractivity contribution in [3.63, 3.8) is 0 Å². The lowest BCUT2D eigenvalue weighted by Gasteiger charge is -2.27. The normalized spacial score (nSPS) is 20.7. The summed E-state index contributed by atoms with van der Waals surface area (Å²) >= 11 is 0. The van der Waals surface area contributed by atoms with Gasteiger partial charge in [0.25, 0.3) is 0 Å². The molecule has 0 N–H and O–H groups in total. The van der Waals surface area contributed by atoms with Crippen LogP contribution in [-0.4, -0.2) is 5.71 Å². The molecular formula is C18H33N. The van der Waals surface area contributed by atoms with Gasteiger partial charge in [-0.1, -0.05) is 54.4 Å². The maximum Gasteiger partial charge on any atom is 0.0428 e. The van der Waals surface area contributed by atoms with Gasteiger partial charge >= 0.3 is 0 Å². The van der Waals surface area contributed by atoms with E-state index in [1.807, 2.05) is 0 Å². The number of nitrogens with zero attached hydrogens (tertiary/aromatic N) is 1. The lowest BCUT2D eigenvalue weighted by atomic mass is 9.82. The summed E-state index contributed by atoms with van der Waals surface area (Å²) in [5.74, 6) is 0.691. The molecule has 0 aromatic heterocycles. The fourth-order valence-electron chi connectivity index (χ4n) is 2.41. The SMILES string of the molecule is C/C(=N\C(=C(/C)C(C)(C)C)C1CCCC1)C(C)(C)C. The highest BCUT2D eigenvalue weighted by atomic mass is 14.8. The van der Waals surface area contributed by atoms with Gasteiger partial charge in [0, 0.05) is 17.3 Å². The van der Waals surface area contributed by atoms with E-state index in [1.54, 1.807) is 0 Å². The van der Waals surface area contributed by atoms with Crippen LogP contribution in [0.1, 0.15) is 81.1 Å². The first-order valence-electron chi connectivity index (χ1n) is 7.80. The van der Waals surface area contributed by atoms with Crippen molar-refractivity contribution < 1.29 is 0 Å². The smallest absolute Gasteiger partial charge is 0.0428 e. The first kappa shape index (κ1) is 16.5. The van der Waals surface area contributed by atoms with Crippen LogP contribution in [0.15, 0.2) is 16.3 Å². The minimum atomic E-state index is 0.169. The van der Waals surface area contributed by atoms with E-state index >= 15 is 0 Å². The number of allylic oxidation sites excluding steroid dienone is 2. The van der Waals surface area contributed by atoms with Gasteiger partial charge in [-0.25, -0.2) is 0 Å². The Labute approximate surface area is 120 Å². The molecule has 19 heavy (non-hydrogen) atoms. The van der Waals surface area contributed by atoms with Crippen molar-refractivity contribution >= 4 is 5.71 Å². The Morgan fingerprint density at radius 2 is 1.32 bits per heavy atom. The summed E-state index contributed by atoms with van der Waals surface area (Å²) in [7, 11) is 0. The van der Waals surface area contributed by atoms with Gasteiger partial charge in [-0.2, -0.15) is 0 Å². The Kier molecular flexibility index (Phi) is 5.03. The van der Waals surface area contributed by atoms with E-state index < -0.39 is 0 Å². The molecule has 0 unspecified atom stereocenters. The highest BCUT2D eigenvalue weighted by Crippen LogP contribution is 2.39. The molecule has 1 heteroatoms. The number of hydrogen-bond donors (Lipinski definition) is 0. The molecule has 110 valence electrons. The van der Waals surface area contributed by atoms with Crippen molar-refractivity contribution in [3.05, 3.63) is 11.3 Å². The molecule has 0 bridgehead atoms. The monoisotopic (exact) mass is 263 g/mol. The van der Waals surface area contributed by atoms with Gasteiger partial charge in [-0.3, -0.25) is 4.99 Å². The fraction of sp³-hybridized carbons (Fsp3) is 0.833. The molecule has 0 amide bonds. The predicted octanol–water partition coefficient (Wildman–Crippen LogP) is 6.00. The minimum absolute atomic E-state index is 0.169. The molecule has 0 aromatic carbocycles. The molecule has 1 aliphatic carbocycles. The molecule has 0 spiro atoms. The highest BCUT2D eigenvalue weighted by Gasteiger charge is 2.26. The van der Waals surface area contributed by atoms with Gasteiger partial charge in [0.2, 0.25) is 0 Å². The first-order valence-corrected chi connectivity index (χ1v) is 7.80. The molecule has 0 heterocycles. The van der Waals surface area contributed by atoms with Crippen LogP contribution in [0.4, 0.5) is 0 Å². The van der Waals surface area contributed by atoms with E-state index in [0.717, 1.165) is 0 Å². The zero-order valence-corrected chi connectivity index (χ0v) is 14.4. The molecule has 1 fully saturated rings. The van der Waals surface area contributed by atoms with Crippen LogP contribution in [0, 0.1) is 16.7 Å². The van der Waals surface area contributed by atoms with E-state index in [9.17, 15) is 0 Å². The van der Waals surface area contributed by atoms with Crippen molar-refractivity contribution in [1.82, 2.24) is 0 Å². The third-order valence-corrected chi connectivity index (χ3v) is 4.62. The standard InChI is InChI=1S/C18H33N/c1-13(17(3,4)5)16(15-11-9-10-12-15)19-14(2)18(6,7)8/h15H,9-12H2,1-8H3/b16-13+,19-14+.